The molecule has 3 aromatic carbocycles. The van der Waals surface area contributed by atoms with Crippen molar-refractivity contribution in [1.82, 2.24) is 0 Å². The third kappa shape index (κ3) is 4.09. The fraction of sp³-hybridized carbons (Fsp3) is 0.0500. The van der Waals surface area contributed by atoms with Crippen LogP contribution in [0.2, 0.25) is 0 Å². The molecular weight excluding hydrogens is 402 g/mol. The Labute approximate surface area is 168 Å². The van der Waals surface area contributed by atoms with Crippen LogP contribution >= 0.6 is 0 Å². The maximum absolute atomic E-state index is 12.7. The molecule has 1 amide bonds. The third-order valence-electron chi connectivity index (χ3n) is 4.40. The highest BCUT2D eigenvalue weighted by molar-refractivity contribution is 6.58. The van der Waals surface area contributed by atoms with Crippen molar-refractivity contribution in [1.29, 1.82) is 0 Å². The van der Waals surface area contributed by atoms with E-state index < -0.39 is 25.1 Å². The lowest BCUT2D eigenvalue weighted by Gasteiger charge is -2.12. The Kier molecular flexibility index (Phi) is 4.88. The Morgan fingerprint density at radius 3 is 2.40 bits per heavy atom. The van der Waals surface area contributed by atoms with Crippen LogP contribution in [0, 0.1) is 0 Å². The van der Waals surface area contributed by atoms with E-state index >= 15 is 0 Å². The van der Waals surface area contributed by atoms with Crippen LogP contribution in [0.15, 0.2) is 60.7 Å². The fourth-order valence-electron chi connectivity index (χ4n) is 3.06. The van der Waals surface area contributed by atoms with Crippen LogP contribution < -0.4 is 20.3 Å². The molecule has 0 aliphatic carbocycles. The monoisotopic (exact) mass is 415 g/mol. The van der Waals surface area contributed by atoms with E-state index in [9.17, 15) is 28.0 Å². The average molecular weight is 415 g/mol. The maximum atomic E-state index is 12.7. The number of amides is 1. The molecule has 0 bridgehead atoms. The first-order valence-electron chi connectivity index (χ1n) is 8.69. The number of fused-ring (bicyclic) bond motifs is 2. The Morgan fingerprint density at radius 1 is 0.933 bits per heavy atom. The molecule has 10 heteroatoms. The van der Waals surface area contributed by atoms with E-state index in [-0.39, 0.29) is 28.2 Å². The third-order valence-corrected chi connectivity index (χ3v) is 4.40. The summed E-state index contributed by atoms with van der Waals surface area (Å²) in [5.74, 6) is -0.683. The van der Waals surface area contributed by atoms with Crippen molar-refractivity contribution in [3.8, 4) is 28.4 Å². The van der Waals surface area contributed by atoms with Crippen molar-refractivity contribution in [3.63, 3.8) is 0 Å². The first-order valence-corrected chi connectivity index (χ1v) is 8.69. The lowest BCUT2D eigenvalue weighted by Crippen LogP contribution is -2.29. The van der Waals surface area contributed by atoms with Crippen molar-refractivity contribution in [3.05, 3.63) is 66.2 Å². The van der Waals surface area contributed by atoms with Crippen LogP contribution in [0.1, 0.15) is 10.4 Å². The molecule has 0 unspecified atom stereocenters. The summed E-state index contributed by atoms with van der Waals surface area (Å²) in [5.41, 5.74) is 1.73. The highest BCUT2D eigenvalue weighted by Gasteiger charge is 2.32. The molecule has 3 N–H and O–H groups in total. The SMILES string of the molecule is O=C1Nc2cc(OC(F)(F)F)ccc2Oc2ccc(-c3cccc(B(O)O)c3)cc21. The van der Waals surface area contributed by atoms with Crippen molar-refractivity contribution in [2.24, 2.45) is 0 Å². The molecule has 0 fully saturated rings. The van der Waals surface area contributed by atoms with E-state index in [0.717, 1.165) is 12.1 Å². The number of alkyl halides is 3. The summed E-state index contributed by atoms with van der Waals surface area (Å²) in [6.45, 7) is 0. The number of hydrogen-bond donors (Lipinski definition) is 3. The van der Waals surface area contributed by atoms with E-state index in [2.05, 4.69) is 10.1 Å². The average Bonchev–Trinajstić information content (AvgIpc) is 2.82. The molecule has 1 heterocycles. The molecular formula is C20H13BF3NO5. The van der Waals surface area contributed by atoms with Gasteiger partial charge in [0.15, 0.2) is 5.75 Å². The molecule has 6 nitrogen and oxygen atoms in total. The predicted molar refractivity (Wildman–Crippen MR) is 103 cm³/mol. The summed E-state index contributed by atoms with van der Waals surface area (Å²) in [6, 6.07) is 14.7. The molecule has 1 aliphatic heterocycles. The molecule has 1 aliphatic rings. The van der Waals surface area contributed by atoms with Gasteiger partial charge >= 0.3 is 13.5 Å². The molecule has 30 heavy (non-hydrogen) atoms. The highest BCUT2D eigenvalue weighted by atomic mass is 19.4. The standard InChI is InChI=1S/C20H13BF3NO5/c22-20(23,24)30-14-5-7-18-16(10-14)25-19(26)15-9-12(4-6-17(15)29-18)11-2-1-3-13(8-11)21(27)28/h1-10,27-28H,(H,25,26). The molecule has 0 radical (unpaired) electrons. The van der Waals surface area contributed by atoms with Gasteiger partial charge < -0.3 is 24.8 Å². The van der Waals surface area contributed by atoms with Crippen LogP contribution in [-0.2, 0) is 0 Å². The second kappa shape index (κ2) is 7.40. The van der Waals surface area contributed by atoms with Gasteiger partial charge in [-0.2, -0.15) is 0 Å². The number of hydrogen-bond acceptors (Lipinski definition) is 5. The van der Waals surface area contributed by atoms with Gasteiger partial charge in [0, 0.05) is 6.07 Å². The topological polar surface area (TPSA) is 88.0 Å². The van der Waals surface area contributed by atoms with Crippen LogP contribution in [0.25, 0.3) is 11.1 Å². The smallest absolute Gasteiger partial charge is 0.454 e. The van der Waals surface area contributed by atoms with E-state index in [4.69, 9.17) is 4.74 Å². The van der Waals surface area contributed by atoms with E-state index in [1.165, 1.54) is 6.07 Å². The van der Waals surface area contributed by atoms with Crippen molar-refractivity contribution in [2.75, 3.05) is 5.32 Å². The lowest BCUT2D eigenvalue weighted by molar-refractivity contribution is -0.274. The Bertz CT molecular complexity index is 1130. The van der Waals surface area contributed by atoms with Gasteiger partial charge in [-0.3, -0.25) is 4.79 Å². The number of ether oxygens (including phenoxy) is 2. The Balaban J connectivity index is 1.68. The molecule has 0 saturated carbocycles. The summed E-state index contributed by atoms with van der Waals surface area (Å²) in [7, 11) is -1.64. The minimum absolute atomic E-state index is 0.0323. The van der Waals surface area contributed by atoms with E-state index in [1.54, 1.807) is 42.5 Å². The summed E-state index contributed by atoms with van der Waals surface area (Å²) in [4.78, 5) is 12.7. The number of carbonyl (C=O) groups excluding carboxylic acids is 1. The normalized spacial score (nSPS) is 12.8. The number of anilines is 1. The molecule has 0 spiro atoms. The summed E-state index contributed by atoms with van der Waals surface area (Å²) in [5, 5.41) is 21.2. The van der Waals surface area contributed by atoms with Crippen LogP contribution in [-0.4, -0.2) is 29.4 Å². The quantitative estimate of drug-likeness (QED) is 0.572. The minimum Gasteiger partial charge on any atom is -0.454 e. The number of benzene rings is 3. The largest absolute Gasteiger partial charge is 0.573 e. The van der Waals surface area contributed by atoms with Gasteiger partial charge in [-0.05, 0) is 40.9 Å². The zero-order valence-corrected chi connectivity index (χ0v) is 15.1. The first-order chi connectivity index (χ1) is 14.2. The molecule has 3 aromatic rings. The molecule has 0 saturated heterocycles. The van der Waals surface area contributed by atoms with Crippen LogP contribution in [0.5, 0.6) is 17.2 Å². The predicted octanol–water partition coefficient (Wildman–Crippen LogP) is 3.29. The van der Waals surface area contributed by atoms with Gasteiger partial charge in [-0.25, -0.2) is 0 Å². The lowest BCUT2D eigenvalue weighted by atomic mass is 9.79. The second-order valence-electron chi connectivity index (χ2n) is 6.47. The van der Waals surface area contributed by atoms with Crippen molar-refractivity contribution in [2.45, 2.75) is 6.36 Å². The summed E-state index contributed by atoms with van der Waals surface area (Å²) < 4.78 is 47.0. The Morgan fingerprint density at radius 2 is 1.67 bits per heavy atom. The molecule has 4 rings (SSSR count). The van der Waals surface area contributed by atoms with Gasteiger partial charge in [0.25, 0.3) is 5.91 Å². The molecule has 0 atom stereocenters. The second-order valence-corrected chi connectivity index (χ2v) is 6.47. The fourth-order valence-corrected chi connectivity index (χ4v) is 3.06. The van der Waals surface area contributed by atoms with Gasteiger partial charge in [0.2, 0.25) is 0 Å². The highest BCUT2D eigenvalue weighted by Crippen LogP contribution is 2.39. The minimum atomic E-state index is -4.86. The van der Waals surface area contributed by atoms with Gasteiger partial charge in [0.1, 0.15) is 11.5 Å². The van der Waals surface area contributed by atoms with Crippen LogP contribution in [0.3, 0.4) is 0 Å². The molecule has 0 aromatic heterocycles. The zero-order valence-electron chi connectivity index (χ0n) is 15.1. The number of carbonyl (C=O) groups is 1. The van der Waals surface area contributed by atoms with Gasteiger partial charge in [-0.15, -0.1) is 13.2 Å². The summed E-state index contributed by atoms with van der Waals surface area (Å²) >= 11 is 0. The van der Waals surface area contributed by atoms with Crippen LogP contribution in [0.4, 0.5) is 18.9 Å². The first kappa shape index (κ1) is 19.8. The maximum Gasteiger partial charge on any atom is 0.573 e. The number of rotatable bonds is 3. The van der Waals surface area contributed by atoms with E-state index in [1.807, 2.05) is 0 Å². The zero-order chi connectivity index (χ0) is 21.5. The van der Waals surface area contributed by atoms with E-state index in [0.29, 0.717) is 11.1 Å². The van der Waals surface area contributed by atoms with Gasteiger partial charge in [-0.1, -0.05) is 30.3 Å². The Hall–Kier alpha value is -3.50. The van der Waals surface area contributed by atoms with Gasteiger partial charge in [0.05, 0.1) is 11.3 Å². The summed E-state index contributed by atoms with van der Waals surface area (Å²) in [6.07, 6.45) is -4.86. The number of halogens is 3. The molecule has 152 valence electrons. The number of nitrogens with one attached hydrogen (secondary N) is 1. The van der Waals surface area contributed by atoms with Crippen molar-refractivity contribution >= 4 is 24.2 Å². The van der Waals surface area contributed by atoms with Crippen molar-refractivity contribution < 1.29 is 37.5 Å².